The number of hydrogen-bond donors (Lipinski definition) is 1. The van der Waals surface area contributed by atoms with Crippen molar-refractivity contribution in [3.8, 4) is 0 Å². The fourth-order valence-corrected chi connectivity index (χ4v) is 3.27. The summed E-state index contributed by atoms with van der Waals surface area (Å²) in [6, 6.07) is 6.62. The molecule has 0 atom stereocenters. The first-order chi connectivity index (χ1) is 13.3. The van der Waals surface area contributed by atoms with Gasteiger partial charge in [0.1, 0.15) is 0 Å². The van der Waals surface area contributed by atoms with Gasteiger partial charge in [-0.15, -0.1) is 0 Å². The summed E-state index contributed by atoms with van der Waals surface area (Å²) in [6.45, 7) is 5.70. The minimum atomic E-state index is -0.451. The second kappa shape index (κ2) is 6.70. The maximum Gasteiger partial charge on any atom is 0.274 e. The van der Waals surface area contributed by atoms with Crippen molar-refractivity contribution in [2.24, 2.45) is 0 Å². The van der Waals surface area contributed by atoms with Crippen molar-refractivity contribution < 1.29 is 9.72 Å². The first kappa shape index (κ1) is 18.1. The van der Waals surface area contributed by atoms with E-state index in [0.717, 1.165) is 18.5 Å². The summed E-state index contributed by atoms with van der Waals surface area (Å²) in [5, 5.41) is 19.0. The smallest absolute Gasteiger partial charge is 0.274 e. The van der Waals surface area contributed by atoms with Crippen LogP contribution in [0.4, 0.5) is 11.4 Å². The van der Waals surface area contributed by atoms with E-state index in [9.17, 15) is 14.9 Å². The van der Waals surface area contributed by atoms with Crippen LogP contribution in [0.1, 0.15) is 60.3 Å². The quantitative estimate of drug-likeness (QED) is 0.524. The molecule has 0 bridgehead atoms. The second-order valence-corrected chi connectivity index (χ2v) is 7.50. The minimum absolute atomic E-state index is 0.0241. The third kappa shape index (κ3) is 3.21. The molecule has 144 valence electrons. The Morgan fingerprint density at radius 2 is 2.07 bits per heavy atom. The van der Waals surface area contributed by atoms with E-state index in [-0.39, 0.29) is 17.6 Å². The van der Waals surface area contributed by atoms with E-state index in [1.807, 2.05) is 24.6 Å². The lowest BCUT2D eigenvalue weighted by atomic mass is 10.1. The fourth-order valence-electron chi connectivity index (χ4n) is 3.27. The van der Waals surface area contributed by atoms with Crippen LogP contribution in [0, 0.1) is 17.0 Å². The molecule has 28 heavy (non-hydrogen) atoms. The number of nitro groups is 1. The molecule has 1 aliphatic carbocycles. The number of hydrogen-bond acceptors (Lipinski definition) is 5. The summed E-state index contributed by atoms with van der Waals surface area (Å²) >= 11 is 0. The predicted molar refractivity (Wildman–Crippen MR) is 106 cm³/mol. The summed E-state index contributed by atoms with van der Waals surface area (Å²) < 4.78 is 1.81. The molecule has 0 saturated heterocycles. The number of aryl methyl sites for hydroxylation is 1. The predicted octanol–water partition coefficient (Wildman–Crippen LogP) is 4.36. The lowest BCUT2D eigenvalue weighted by molar-refractivity contribution is -0.385. The van der Waals surface area contributed by atoms with Gasteiger partial charge in [0, 0.05) is 35.0 Å². The largest absolute Gasteiger partial charge is 0.322 e. The zero-order valence-electron chi connectivity index (χ0n) is 16.0. The van der Waals surface area contributed by atoms with E-state index in [0.29, 0.717) is 33.8 Å². The average molecular weight is 379 g/mol. The highest BCUT2D eigenvalue weighted by Crippen LogP contribution is 2.40. The molecule has 0 radical (unpaired) electrons. The van der Waals surface area contributed by atoms with Crippen LogP contribution in [0.2, 0.25) is 0 Å². The number of nitrogens with zero attached hydrogens (tertiary/aromatic N) is 4. The third-order valence-electron chi connectivity index (χ3n) is 4.98. The number of nitro benzene ring substituents is 1. The van der Waals surface area contributed by atoms with Crippen LogP contribution in [-0.4, -0.2) is 25.6 Å². The summed E-state index contributed by atoms with van der Waals surface area (Å²) in [5.74, 6) is 0.0580. The van der Waals surface area contributed by atoms with Crippen LogP contribution in [0.3, 0.4) is 0 Å². The van der Waals surface area contributed by atoms with Gasteiger partial charge in [0.2, 0.25) is 0 Å². The molecule has 1 amide bonds. The Balaban J connectivity index is 1.75. The molecule has 8 heteroatoms. The maximum atomic E-state index is 13.0. The number of benzene rings is 1. The lowest BCUT2D eigenvalue weighted by Gasteiger charge is -2.11. The molecule has 8 nitrogen and oxygen atoms in total. The van der Waals surface area contributed by atoms with E-state index in [1.54, 1.807) is 25.3 Å². The topological polar surface area (TPSA) is 103 Å². The number of aromatic nitrogens is 3. The molecule has 4 rings (SSSR count). The number of pyridine rings is 1. The van der Waals surface area contributed by atoms with Crippen molar-refractivity contribution in [3.05, 3.63) is 57.4 Å². The monoisotopic (exact) mass is 379 g/mol. The van der Waals surface area contributed by atoms with Crippen molar-refractivity contribution in [1.29, 1.82) is 0 Å². The molecule has 1 fully saturated rings. The van der Waals surface area contributed by atoms with Crippen molar-refractivity contribution in [3.63, 3.8) is 0 Å². The molecule has 1 N–H and O–H groups in total. The summed E-state index contributed by atoms with van der Waals surface area (Å²) in [5.41, 5.74) is 2.99. The molecule has 0 aliphatic heterocycles. The molecule has 3 aromatic rings. The Morgan fingerprint density at radius 3 is 2.71 bits per heavy atom. The molecule has 2 heterocycles. The Kier molecular flexibility index (Phi) is 4.33. The van der Waals surface area contributed by atoms with Crippen molar-refractivity contribution in [2.75, 3.05) is 5.32 Å². The molecule has 1 saturated carbocycles. The van der Waals surface area contributed by atoms with Crippen molar-refractivity contribution >= 4 is 28.3 Å². The summed E-state index contributed by atoms with van der Waals surface area (Å²) in [6.07, 6.45) is 3.80. The molecule has 1 aromatic carbocycles. The fraction of sp³-hybridized carbons (Fsp3) is 0.350. The average Bonchev–Trinajstić information content (AvgIpc) is 3.41. The number of amides is 1. The summed E-state index contributed by atoms with van der Waals surface area (Å²) in [7, 11) is 0. The molecule has 0 spiro atoms. The van der Waals surface area contributed by atoms with E-state index in [1.165, 1.54) is 6.07 Å². The van der Waals surface area contributed by atoms with Gasteiger partial charge in [-0.2, -0.15) is 5.10 Å². The van der Waals surface area contributed by atoms with Crippen LogP contribution >= 0.6 is 0 Å². The number of anilines is 1. The summed E-state index contributed by atoms with van der Waals surface area (Å²) in [4.78, 5) is 28.5. The number of carbonyl (C=O) groups excluding carboxylic acids is 1. The standard InChI is InChI=1S/C20H21N5O3/c1-11(2)24-19-16(10-21-24)15(9-17(23-19)13-5-6-13)20(26)22-14-7-4-12(3)18(8-14)25(27)28/h4,7-11,13H,5-6H2,1-3H3,(H,22,26). The zero-order chi connectivity index (χ0) is 20.0. The maximum absolute atomic E-state index is 13.0. The van der Waals surface area contributed by atoms with Gasteiger partial charge < -0.3 is 5.32 Å². The number of fused-ring (bicyclic) bond motifs is 1. The Morgan fingerprint density at radius 1 is 1.32 bits per heavy atom. The van der Waals surface area contributed by atoms with Crippen LogP contribution in [0.5, 0.6) is 0 Å². The highest BCUT2D eigenvalue weighted by Gasteiger charge is 2.28. The van der Waals surface area contributed by atoms with Crippen molar-refractivity contribution in [2.45, 2.75) is 45.6 Å². The lowest BCUT2D eigenvalue weighted by Crippen LogP contribution is -2.14. The van der Waals surface area contributed by atoms with Crippen LogP contribution in [-0.2, 0) is 0 Å². The highest BCUT2D eigenvalue weighted by molar-refractivity contribution is 6.12. The van der Waals surface area contributed by atoms with E-state index < -0.39 is 4.92 Å². The van der Waals surface area contributed by atoms with Gasteiger partial charge in [0.15, 0.2) is 5.65 Å². The number of rotatable bonds is 5. The first-order valence-corrected chi connectivity index (χ1v) is 9.29. The van der Waals surface area contributed by atoms with E-state index >= 15 is 0 Å². The van der Waals surface area contributed by atoms with Crippen LogP contribution < -0.4 is 5.32 Å². The minimum Gasteiger partial charge on any atom is -0.322 e. The van der Waals surface area contributed by atoms with Gasteiger partial charge in [-0.05, 0) is 45.7 Å². The zero-order valence-corrected chi connectivity index (χ0v) is 16.0. The normalized spacial score (nSPS) is 13.9. The van der Waals surface area contributed by atoms with Gasteiger partial charge in [0.25, 0.3) is 11.6 Å². The molecular formula is C20H21N5O3. The third-order valence-corrected chi connectivity index (χ3v) is 4.98. The van der Waals surface area contributed by atoms with Gasteiger partial charge in [0.05, 0.1) is 22.1 Å². The first-order valence-electron chi connectivity index (χ1n) is 9.29. The Bertz CT molecular complexity index is 1100. The molecule has 2 aromatic heterocycles. The highest BCUT2D eigenvalue weighted by atomic mass is 16.6. The van der Waals surface area contributed by atoms with Crippen LogP contribution in [0.15, 0.2) is 30.5 Å². The van der Waals surface area contributed by atoms with Crippen LogP contribution in [0.25, 0.3) is 11.0 Å². The van der Waals surface area contributed by atoms with Crippen molar-refractivity contribution in [1.82, 2.24) is 14.8 Å². The Labute approximate surface area is 161 Å². The second-order valence-electron chi connectivity index (χ2n) is 7.50. The van der Waals surface area contributed by atoms with Gasteiger partial charge in [-0.1, -0.05) is 6.07 Å². The van der Waals surface area contributed by atoms with E-state index in [2.05, 4.69) is 10.4 Å². The number of carbonyl (C=O) groups is 1. The molecular weight excluding hydrogens is 358 g/mol. The molecule has 0 unspecified atom stereocenters. The van der Waals surface area contributed by atoms with E-state index in [4.69, 9.17) is 4.98 Å². The SMILES string of the molecule is Cc1ccc(NC(=O)c2cc(C3CC3)nc3c2cnn3C(C)C)cc1[N+](=O)[O-]. The number of nitrogens with one attached hydrogen (secondary N) is 1. The Hall–Kier alpha value is -3.29. The molecule has 1 aliphatic rings. The van der Waals surface area contributed by atoms with Gasteiger partial charge in [-0.25, -0.2) is 9.67 Å². The van der Waals surface area contributed by atoms with Gasteiger partial charge >= 0.3 is 0 Å². The van der Waals surface area contributed by atoms with Gasteiger partial charge in [-0.3, -0.25) is 14.9 Å².